The Balaban J connectivity index is 2.07. The van der Waals surface area contributed by atoms with Crippen molar-refractivity contribution in [3.63, 3.8) is 0 Å². The van der Waals surface area contributed by atoms with Crippen molar-refractivity contribution in [2.45, 2.75) is 25.7 Å². The van der Waals surface area contributed by atoms with Crippen LogP contribution in [0.2, 0.25) is 0 Å². The first-order valence-corrected chi connectivity index (χ1v) is 8.00. The first-order valence-electron chi connectivity index (χ1n) is 8.00. The van der Waals surface area contributed by atoms with Gasteiger partial charge in [0.05, 0.1) is 46.0 Å². The largest absolute Gasteiger partial charge is 0.344 e. The molecule has 1 N–H and O–H groups in total. The minimum atomic E-state index is 0.639. The first kappa shape index (κ1) is 16.0. The van der Waals surface area contributed by atoms with Crippen molar-refractivity contribution in [2.75, 3.05) is 47.3 Å². The summed E-state index contributed by atoms with van der Waals surface area (Å²) in [6.07, 6.45) is 10.8. The van der Waals surface area contributed by atoms with Gasteiger partial charge < -0.3 is 9.38 Å². The van der Waals surface area contributed by atoms with Crippen molar-refractivity contribution < 1.29 is 4.48 Å². The van der Waals surface area contributed by atoms with Crippen LogP contribution < -0.4 is 0 Å². The number of likely N-dealkylation sites (N-methyl/N-ethyl adjacent to an activating group) is 1. The van der Waals surface area contributed by atoms with Crippen molar-refractivity contribution >= 4 is 11.5 Å². The van der Waals surface area contributed by atoms with Crippen LogP contribution in [0.1, 0.15) is 25.7 Å². The molecular weight excluding hydrogens is 260 g/mol. The summed E-state index contributed by atoms with van der Waals surface area (Å²) in [5.41, 5.74) is 1.80. The van der Waals surface area contributed by atoms with Crippen LogP contribution in [0.25, 0.3) is 0 Å². The molecule has 21 heavy (non-hydrogen) atoms. The molecule has 1 saturated heterocycles. The van der Waals surface area contributed by atoms with Crippen molar-refractivity contribution in [1.82, 2.24) is 4.90 Å². The Kier molecular flexibility index (Phi) is 5.34. The molecule has 116 valence electrons. The second kappa shape index (κ2) is 7.03. The molecule has 0 aromatic rings. The summed E-state index contributed by atoms with van der Waals surface area (Å²) in [4.78, 5) is 6.73. The highest BCUT2D eigenvalue weighted by Crippen LogP contribution is 2.17. The van der Waals surface area contributed by atoms with Gasteiger partial charge in [-0.2, -0.15) is 0 Å². The number of allylic oxidation sites excluding steroid dienone is 3. The van der Waals surface area contributed by atoms with E-state index in [9.17, 15) is 0 Å². The summed E-state index contributed by atoms with van der Waals surface area (Å²) in [6.45, 7) is 4.23. The Morgan fingerprint density at radius 3 is 2.62 bits per heavy atom. The molecule has 2 rings (SSSR count). The lowest BCUT2D eigenvalue weighted by molar-refractivity contribution is -0.894. The molecule has 1 aliphatic heterocycles. The lowest BCUT2D eigenvalue weighted by Gasteiger charge is -2.40. The fraction of sp³-hybridized carbons (Fsp3) is 0.647. The molecule has 4 nitrogen and oxygen atoms in total. The van der Waals surface area contributed by atoms with Crippen LogP contribution in [0.4, 0.5) is 0 Å². The van der Waals surface area contributed by atoms with E-state index in [4.69, 9.17) is 5.41 Å². The molecule has 0 bridgehead atoms. The van der Waals surface area contributed by atoms with E-state index < -0.39 is 0 Å². The van der Waals surface area contributed by atoms with Crippen molar-refractivity contribution in [3.05, 3.63) is 23.8 Å². The van der Waals surface area contributed by atoms with Gasteiger partial charge in [-0.05, 0) is 31.3 Å². The van der Waals surface area contributed by atoms with Crippen LogP contribution in [0.15, 0.2) is 28.8 Å². The van der Waals surface area contributed by atoms with E-state index in [0.29, 0.717) is 5.71 Å². The van der Waals surface area contributed by atoms with E-state index in [1.165, 1.54) is 5.57 Å². The minimum Gasteiger partial charge on any atom is -0.344 e. The minimum absolute atomic E-state index is 0.639. The summed E-state index contributed by atoms with van der Waals surface area (Å²) in [7, 11) is 6.37. The number of aliphatic imine (C=N–C) groups is 1. The fourth-order valence-electron chi connectivity index (χ4n) is 2.94. The molecule has 4 heteroatoms. The molecule has 0 aromatic heterocycles. The monoisotopic (exact) mass is 289 g/mol. The molecule has 0 radical (unpaired) electrons. The van der Waals surface area contributed by atoms with E-state index in [2.05, 4.69) is 42.2 Å². The van der Waals surface area contributed by atoms with Gasteiger partial charge in [-0.3, -0.25) is 10.4 Å². The number of piperazine rings is 1. The smallest absolute Gasteiger partial charge is 0.149 e. The van der Waals surface area contributed by atoms with Gasteiger partial charge in [-0.1, -0.05) is 18.2 Å². The summed E-state index contributed by atoms with van der Waals surface area (Å²) in [6, 6.07) is 0. The zero-order valence-corrected chi connectivity index (χ0v) is 13.7. The average Bonchev–Trinajstić information content (AvgIpc) is 2.40. The molecule has 1 aliphatic carbocycles. The van der Waals surface area contributed by atoms with Crippen LogP contribution in [0, 0.1) is 5.41 Å². The SMILES string of the molecule is CN=C(C(=N)C1=CCC=CCCC1)N1CC[N+](C)(C)CC1. The van der Waals surface area contributed by atoms with E-state index in [0.717, 1.165) is 62.2 Å². The molecule has 0 atom stereocenters. The van der Waals surface area contributed by atoms with Gasteiger partial charge in [-0.15, -0.1) is 0 Å². The van der Waals surface area contributed by atoms with Crippen LogP contribution in [-0.2, 0) is 0 Å². The highest BCUT2D eigenvalue weighted by Gasteiger charge is 2.28. The van der Waals surface area contributed by atoms with Crippen LogP contribution in [-0.4, -0.2) is 68.3 Å². The van der Waals surface area contributed by atoms with Gasteiger partial charge in [0.1, 0.15) is 5.84 Å². The van der Waals surface area contributed by atoms with Gasteiger partial charge in [0.2, 0.25) is 0 Å². The summed E-state index contributed by atoms with van der Waals surface area (Å²) in [5.74, 6) is 0.880. The van der Waals surface area contributed by atoms with Crippen molar-refractivity contribution in [2.24, 2.45) is 4.99 Å². The molecule has 0 saturated carbocycles. The summed E-state index contributed by atoms with van der Waals surface area (Å²) in [5, 5.41) is 8.57. The Bertz CT molecular complexity index is 461. The van der Waals surface area contributed by atoms with E-state index in [-0.39, 0.29) is 0 Å². The predicted octanol–water partition coefficient (Wildman–Crippen LogP) is 2.48. The van der Waals surface area contributed by atoms with E-state index in [1.54, 1.807) is 0 Å². The lowest BCUT2D eigenvalue weighted by Crippen LogP contribution is -2.57. The second-order valence-electron chi connectivity index (χ2n) is 6.62. The number of nitrogens with zero attached hydrogens (tertiary/aromatic N) is 3. The molecular formula is C17H29N4+. The quantitative estimate of drug-likeness (QED) is 0.361. The number of rotatable bonds is 2. The van der Waals surface area contributed by atoms with Crippen LogP contribution >= 0.6 is 0 Å². The number of nitrogens with one attached hydrogen (secondary N) is 1. The second-order valence-corrected chi connectivity index (χ2v) is 6.62. The van der Waals surface area contributed by atoms with Gasteiger partial charge >= 0.3 is 0 Å². The highest BCUT2D eigenvalue weighted by molar-refractivity contribution is 6.46. The van der Waals surface area contributed by atoms with Gasteiger partial charge in [-0.25, -0.2) is 0 Å². The Hall–Kier alpha value is -1.42. The number of hydrogen-bond acceptors (Lipinski definition) is 2. The summed E-state index contributed by atoms with van der Waals surface area (Å²) >= 11 is 0. The topological polar surface area (TPSA) is 39.5 Å². The van der Waals surface area contributed by atoms with E-state index in [1.807, 2.05) is 7.05 Å². The number of hydrogen-bond donors (Lipinski definition) is 1. The van der Waals surface area contributed by atoms with Gasteiger partial charge in [0, 0.05) is 7.05 Å². The van der Waals surface area contributed by atoms with Gasteiger partial charge in [0.15, 0.2) is 0 Å². The highest BCUT2D eigenvalue weighted by atomic mass is 15.4. The average molecular weight is 289 g/mol. The van der Waals surface area contributed by atoms with Gasteiger partial charge in [0.25, 0.3) is 0 Å². The number of amidine groups is 1. The third-order valence-corrected chi connectivity index (χ3v) is 4.49. The predicted molar refractivity (Wildman–Crippen MR) is 90.2 cm³/mol. The van der Waals surface area contributed by atoms with Crippen LogP contribution in [0.5, 0.6) is 0 Å². The maximum absolute atomic E-state index is 8.57. The normalized spacial score (nSPS) is 23.3. The maximum atomic E-state index is 8.57. The molecule has 2 aliphatic rings. The van der Waals surface area contributed by atoms with Crippen molar-refractivity contribution in [3.8, 4) is 0 Å². The summed E-state index contributed by atoms with van der Waals surface area (Å²) < 4.78 is 1.06. The van der Waals surface area contributed by atoms with Crippen molar-refractivity contribution in [1.29, 1.82) is 5.41 Å². The molecule has 0 amide bonds. The first-order chi connectivity index (χ1) is 10.0. The maximum Gasteiger partial charge on any atom is 0.149 e. The third-order valence-electron chi connectivity index (χ3n) is 4.49. The molecule has 0 aromatic carbocycles. The Labute approximate surface area is 128 Å². The lowest BCUT2D eigenvalue weighted by atomic mass is 9.98. The zero-order chi connectivity index (χ0) is 15.3. The number of quaternary nitrogens is 1. The standard InChI is InChI=1S/C17H29N4/c1-19-17(20-11-13-21(2,3)14-12-20)16(18)15-9-7-5-4-6-8-10-15/h4-5,9,18H,6-8,10-14H2,1-3H3/q+1. The molecule has 1 fully saturated rings. The molecule has 1 heterocycles. The Morgan fingerprint density at radius 2 is 1.95 bits per heavy atom. The third kappa shape index (κ3) is 4.27. The van der Waals surface area contributed by atoms with E-state index >= 15 is 0 Å². The molecule has 0 spiro atoms. The van der Waals surface area contributed by atoms with Crippen LogP contribution in [0.3, 0.4) is 0 Å². The fourth-order valence-corrected chi connectivity index (χ4v) is 2.94. The Morgan fingerprint density at radius 1 is 1.24 bits per heavy atom. The molecule has 0 unspecified atom stereocenters. The zero-order valence-electron chi connectivity index (χ0n) is 13.7.